The molecule has 5 heteroatoms. The highest BCUT2D eigenvalue weighted by atomic mass is 16.5. The van der Waals surface area contributed by atoms with Crippen LogP contribution < -0.4 is 18.9 Å². The van der Waals surface area contributed by atoms with E-state index in [1.807, 2.05) is 31.2 Å². The minimum Gasteiger partial charge on any atom is -0.493 e. The van der Waals surface area contributed by atoms with E-state index in [2.05, 4.69) is 0 Å². The number of methoxy groups -OCH3 is 3. The first kappa shape index (κ1) is 19.4. The van der Waals surface area contributed by atoms with Gasteiger partial charge in [-0.25, -0.2) is 0 Å². The van der Waals surface area contributed by atoms with Crippen molar-refractivity contribution in [3.05, 3.63) is 53.6 Å². The summed E-state index contributed by atoms with van der Waals surface area (Å²) < 4.78 is 21.7. The molecule has 0 fully saturated rings. The number of hydrogen-bond acceptors (Lipinski definition) is 5. The van der Waals surface area contributed by atoms with Crippen LogP contribution in [0.25, 0.3) is 6.08 Å². The van der Waals surface area contributed by atoms with Crippen molar-refractivity contribution < 1.29 is 23.7 Å². The zero-order valence-electron chi connectivity index (χ0n) is 15.7. The first-order valence-electron chi connectivity index (χ1n) is 8.27. The van der Waals surface area contributed by atoms with Gasteiger partial charge < -0.3 is 18.9 Å². The highest BCUT2D eigenvalue weighted by molar-refractivity contribution is 6.00. The summed E-state index contributed by atoms with van der Waals surface area (Å²) in [5.41, 5.74) is 1.48. The second-order valence-electron chi connectivity index (χ2n) is 5.60. The molecule has 0 spiro atoms. The van der Waals surface area contributed by atoms with Crippen molar-refractivity contribution >= 4 is 11.9 Å². The maximum Gasteiger partial charge on any atom is 0.203 e. The Kier molecular flexibility index (Phi) is 6.67. The Labute approximate surface area is 154 Å². The van der Waals surface area contributed by atoms with E-state index in [-0.39, 0.29) is 5.78 Å². The molecule has 2 rings (SSSR count). The van der Waals surface area contributed by atoms with Crippen LogP contribution >= 0.6 is 0 Å². The van der Waals surface area contributed by atoms with Gasteiger partial charge in [-0.3, -0.25) is 4.79 Å². The fourth-order valence-electron chi connectivity index (χ4n) is 2.55. The molecule has 2 aromatic rings. The van der Waals surface area contributed by atoms with Crippen LogP contribution in [0.15, 0.2) is 42.5 Å². The Morgan fingerprint density at radius 1 is 0.885 bits per heavy atom. The number of Topliss-reactive ketones (excluding diaryl/α,β-unsaturated/α-hetero) is 1. The van der Waals surface area contributed by atoms with Gasteiger partial charge in [0.25, 0.3) is 0 Å². The van der Waals surface area contributed by atoms with Gasteiger partial charge in [0.2, 0.25) is 5.78 Å². The molecule has 2 aromatic carbocycles. The van der Waals surface area contributed by atoms with Crippen molar-refractivity contribution in [3.8, 4) is 23.0 Å². The van der Waals surface area contributed by atoms with Crippen LogP contribution in [-0.2, 0) is 0 Å². The van der Waals surface area contributed by atoms with E-state index in [1.54, 1.807) is 45.4 Å². The summed E-state index contributed by atoms with van der Waals surface area (Å²) in [6.07, 6.45) is 3.22. The van der Waals surface area contributed by atoms with Crippen molar-refractivity contribution in [1.29, 1.82) is 0 Å². The predicted octanol–water partition coefficient (Wildman–Crippen LogP) is 4.40. The third-order valence-electron chi connectivity index (χ3n) is 3.89. The van der Waals surface area contributed by atoms with Crippen molar-refractivity contribution in [1.82, 2.24) is 0 Å². The minimum absolute atomic E-state index is 0.162. The third-order valence-corrected chi connectivity index (χ3v) is 3.89. The molecule has 0 saturated heterocycles. The Morgan fingerprint density at radius 2 is 1.50 bits per heavy atom. The van der Waals surface area contributed by atoms with Gasteiger partial charge in [-0.1, -0.05) is 18.2 Å². The molecule has 1 atom stereocenters. The topological polar surface area (TPSA) is 54.0 Å². The van der Waals surface area contributed by atoms with Gasteiger partial charge in [-0.15, -0.1) is 0 Å². The molecule has 0 amide bonds. The molecule has 0 radical (unpaired) electrons. The molecule has 0 heterocycles. The number of rotatable bonds is 8. The summed E-state index contributed by atoms with van der Waals surface area (Å²) in [5.74, 6) is 2.00. The van der Waals surface area contributed by atoms with Crippen LogP contribution in [0.3, 0.4) is 0 Å². The molecule has 138 valence electrons. The number of hydrogen-bond donors (Lipinski definition) is 0. The number of ketones is 1. The standard InChI is InChI=1S/C21H24O5/c1-6-7-15-8-10-18(19(12-15)24-4)26-14(2)21(22)16-9-11-17(23-3)20(13-16)25-5/h6-14H,1-5H3/b7-6+. The zero-order chi connectivity index (χ0) is 19.1. The van der Waals surface area contributed by atoms with E-state index >= 15 is 0 Å². The summed E-state index contributed by atoms with van der Waals surface area (Å²) in [6, 6.07) is 10.6. The Balaban J connectivity index is 2.21. The molecule has 0 N–H and O–H groups in total. The van der Waals surface area contributed by atoms with Crippen LogP contribution in [0.2, 0.25) is 0 Å². The van der Waals surface area contributed by atoms with E-state index in [4.69, 9.17) is 18.9 Å². The maximum atomic E-state index is 12.7. The molecule has 0 aliphatic rings. The molecule has 0 aliphatic heterocycles. The van der Waals surface area contributed by atoms with Crippen molar-refractivity contribution in [2.75, 3.05) is 21.3 Å². The molecular formula is C21H24O5. The molecule has 1 unspecified atom stereocenters. The largest absolute Gasteiger partial charge is 0.493 e. The average Bonchev–Trinajstić information content (AvgIpc) is 2.67. The van der Waals surface area contributed by atoms with Crippen molar-refractivity contribution in [2.24, 2.45) is 0 Å². The molecule has 0 aromatic heterocycles. The number of allylic oxidation sites excluding steroid dienone is 1. The summed E-state index contributed by atoms with van der Waals surface area (Å²) in [7, 11) is 4.65. The Morgan fingerprint density at radius 3 is 2.12 bits per heavy atom. The SMILES string of the molecule is C/C=C/c1ccc(OC(C)C(=O)c2ccc(OC)c(OC)c2)c(OC)c1. The van der Waals surface area contributed by atoms with Crippen LogP contribution in [-0.4, -0.2) is 33.2 Å². The van der Waals surface area contributed by atoms with Gasteiger partial charge in [-0.2, -0.15) is 0 Å². The molecule has 5 nitrogen and oxygen atoms in total. The lowest BCUT2D eigenvalue weighted by molar-refractivity contribution is 0.0813. The number of ether oxygens (including phenoxy) is 4. The normalized spacial score (nSPS) is 11.9. The zero-order valence-corrected chi connectivity index (χ0v) is 15.7. The summed E-state index contributed by atoms with van der Waals surface area (Å²) >= 11 is 0. The predicted molar refractivity (Wildman–Crippen MR) is 102 cm³/mol. The van der Waals surface area contributed by atoms with Crippen LogP contribution in [0.5, 0.6) is 23.0 Å². The second-order valence-corrected chi connectivity index (χ2v) is 5.60. The quantitative estimate of drug-likeness (QED) is 0.656. The highest BCUT2D eigenvalue weighted by Gasteiger charge is 2.20. The number of carbonyl (C=O) groups excluding carboxylic acids is 1. The molecule has 0 saturated carbocycles. The maximum absolute atomic E-state index is 12.7. The molecule has 0 bridgehead atoms. The van der Waals surface area contributed by atoms with E-state index < -0.39 is 6.10 Å². The summed E-state index contributed by atoms with van der Waals surface area (Å²) in [6.45, 7) is 3.65. The lowest BCUT2D eigenvalue weighted by Gasteiger charge is -2.17. The lowest BCUT2D eigenvalue weighted by atomic mass is 10.1. The number of carbonyl (C=O) groups is 1. The Hall–Kier alpha value is -2.95. The van der Waals surface area contributed by atoms with Gasteiger partial charge in [0.15, 0.2) is 29.1 Å². The van der Waals surface area contributed by atoms with Crippen LogP contribution in [0.4, 0.5) is 0 Å². The summed E-state index contributed by atoms with van der Waals surface area (Å²) in [5, 5.41) is 0. The van der Waals surface area contributed by atoms with Gasteiger partial charge in [-0.05, 0) is 49.7 Å². The number of benzene rings is 2. The second kappa shape index (κ2) is 8.94. The van der Waals surface area contributed by atoms with Gasteiger partial charge in [0.1, 0.15) is 0 Å². The first-order chi connectivity index (χ1) is 12.5. The van der Waals surface area contributed by atoms with Crippen LogP contribution in [0, 0.1) is 0 Å². The minimum atomic E-state index is -0.686. The lowest BCUT2D eigenvalue weighted by Crippen LogP contribution is -2.24. The van der Waals surface area contributed by atoms with Gasteiger partial charge in [0.05, 0.1) is 21.3 Å². The van der Waals surface area contributed by atoms with E-state index in [0.717, 1.165) is 5.56 Å². The highest BCUT2D eigenvalue weighted by Crippen LogP contribution is 2.31. The molecular weight excluding hydrogens is 332 g/mol. The first-order valence-corrected chi connectivity index (χ1v) is 8.27. The summed E-state index contributed by atoms with van der Waals surface area (Å²) in [4.78, 5) is 12.7. The smallest absolute Gasteiger partial charge is 0.203 e. The van der Waals surface area contributed by atoms with Crippen LogP contribution in [0.1, 0.15) is 29.8 Å². The van der Waals surface area contributed by atoms with Crippen molar-refractivity contribution in [2.45, 2.75) is 20.0 Å². The van der Waals surface area contributed by atoms with E-state index in [0.29, 0.717) is 28.6 Å². The fraction of sp³-hybridized carbons (Fsp3) is 0.286. The average molecular weight is 356 g/mol. The van der Waals surface area contributed by atoms with E-state index in [1.165, 1.54) is 7.11 Å². The molecule has 26 heavy (non-hydrogen) atoms. The van der Waals surface area contributed by atoms with Gasteiger partial charge >= 0.3 is 0 Å². The molecule has 0 aliphatic carbocycles. The third kappa shape index (κ3) is 4.36. The van der Waals surface area contributed by atoms with Gasteiger partial charge in [0, 0.05) is 5.56 Å². The monoisotopic (exact) mass is 356 g/mol. The fourth-order valence-corrected chi connectivity index (χ4v) is 2.55. The Bertz CT molecular complexity index is 795. The van der Waals surface area contributed by atoms with E-state index in [9.17, 15) is 4.79 Å². The van der Waals surface area contributed by atoms with Crippen molar-refractivity contribution in [3.63, 3.8) is 0 Å².